The fourth-order valence-corrected chi connectivity index (χ4v) is 3.48. The van der Waals surface area contributed by atoms with Crippen LogP contribution in [0.1, 0.15) is 19.3 Å². The van der Waals surface area contributed by atoms with Crippen molar-refractivity contribution in [3.05, 3.63) is 24.3 Å². The number of nitrogens with zero attached hydrogens (tertiary/aromatic N) is 2. The summed E-state index contributed by atoms with van der Waals surface area (Å²) in [4.78, 5) is 4.65. The van der Waals surface area contributed by atoms with Crippen molar-refractivity contribution in [3.63, 3.8) is 0 Å². The number of rotatable bonds is 4. The van der Waals surface area contributed by atoms with Gasteiger partial charge in [-0.15, -0.1) is 0 Å². The van der Waals surface area contributed by atoms with Crippen molar-refractivity contribution in [2.24, 2.45) is 7.05 Å². The second-order valence-corrected chi connectivity index (χ2v) is 6.35. The van der Waals surface area contributed by atoms with E-state index in [0.29, 0.717) is 4.75 Å². The van der Waals surface area contributed by atoms with Crippen LogP contribution in [0.25, 0.3) is 11.0 Å². The molecular weight excluding hydrogens is 242 g/mol. The van der Waals surface area contributed by atoms with Gasteiger partial charge in [0.05, 0.1) is 11.0 Å². The Labute approximate surface area is 112 Å². The van der Waals surface area contributed by atoms with Crippen LogP contribution in [0.5, 0.6) is 0 Å². The number of aromatic nitrogens is 2. The Kier molecular flexibility index (Phi) is 2.98. The van der Waals surface area contributed by atoms with Gasteiger partial charge in [-0.3, -0.25) is 0 Å². The maximum absolute atomic E-state index is 4.65. The van der Waals surface area contributed by atoms with E-state index >= 15 is 0 Å². The second kappa shape index (κ2) is 4.50. The van der Waals surface area contributed by atoms with Gasteiger partial charge in [-0.1, -0.05) is 18.6 Å². The Morgan fingerprint density at radius 3 is 2.78 bits per heavy atom. The van der Waals surface area contributed by atoms with Gasteiger partial charge in [-0.05, 0) is 31.2 Å². The lowest BCUT2D eigenvalue weighted by atomic mass is 9.84. The Morgan fingerprint density at radius 1 is 1.39 bits per heavy atom. The standard InChI is InChI=1S/C14H19N3S/c1-17-12-7-4-3-6-11(12)16-13(17)15-10-14(18-2)8-5-9-14/h3-4,6-7H,5,8-10H2,1-2H3,(H,15,16). The molecule has 0 spiro atoms. The highest BCUT2D eigenvalue weighted by Crippen LogP contribution is 2.42. The molecule has 1 aliphatic rings. The van der Waals surface area contributed by atoms with E-state index in [-0.39, 0.29) is 0 Å². The van der Waals surface area contributed by atoms with E-state index in [1.54, 1.807) is 0 Å². The Balaban J connectivity index is 1.80. The molecule has 0 atom stereocenters. The first-order valence-corrected chi connectivity index (χ1v) is 7.67. The monoisotopic (exact) mass is 261 g/mol. The summed E-state index contributed by atoms with van der Waals surface area (Å²) in [7, 11) is 2.07. The lowest BCUT2D eigenvalue weighted by Crippen LogP contribution is -2.40. The summed E-state index contributed by atoms with van der Waals surface area (Å²) in [5.41, 5.74) is 2.25. The van der Waals surface area contributed by atoms with E-state index in [0.717, 1.165) is 18.0 Å². The molecule has 3 nitrogen and oxygen atoms in total. The lowest BCUT2D eigenvalue weighted by Gasteiger charge is -2.40. The molecule has 1 aromatic heterocycles. The third-order valence-electron chi connectivity index (χ3n) is 4.05. The summed E-state index contributed by atoms with van der Waals surface area (Å²) in [5, 5.41) is 3.53. The molecule has 1 N–H and O–H groups in total. The number of nitrogens with one attached hydrogen (secondary N) is 1. The number of hydrogen-bond donors (Lipinski definition) is 1. The highest BCUT2D eigenvalue weighted by atomic mass is 32.2. The van der Waals surface area contributed by atoms with Crippen LogP contribution in [0.15, 0.2) is 24.3 Å². The quantitative estimate of drug-likeness (QED) is 0.916. The number of thioether (sulfide) groups is 1. The summed E-state index contributed by atoms with van der Waals surface area (Å²) in [6.45, 7) is 1.02. The molecule has 2 aromatic rings. The molecule has 1 heterocycles. The topological polar surface area (TPSA) is 29.9 Å². The van der Waals surface area contributed by atoms with Crippen molar-refractivity contribution < 1.29 is 0 Å². The molecule has 1 aromatic carbocycles. The van der Waals surface area contributed by atoms with E-state index < -0.39 is 0 Å². The second-order valence-electron chi connectivity index (χ2n) is 5.08. The van der Waals surface area contributed by atoms with Gasteiger partial charge in [-0.25, -0.2) is 4.98 Å². The minimum Gasteiger partial charge on any atom is -0.354 e. The summed E-state index contributed by atoms with van der Waals surface area (Å²) in [6, 6.07) is 8.27. The van der Waals surface area contributed by atoms with E-state index in [4.69, 9.17) is 0 Å². The molecule has 0 amide bonds. The van der Waals surface area contributed by atoms with Crippen molar-refractivity contribution in [2.45, 2.75) is 24.0 Å². The third kappa shape index (κ3) is 1.88. The average molecular weight is 261 g/mol. The number of para-hydroxylation sites is 2. The molecule has 3 rings (SSSR count). The highest BCUT2D eigenvalue weighted by Gasteiger charge is 2.36. The Hall–Kier alpha value is -1.16. The minimum absolute atomic E-state index is 0.443. The first-order valence-electron chi connectivity index (χ1n) is 6.45. The van der Waals surface area contributed by atoms with Crippen LogP contribution >= 0.6 is 11.8 Å². The third-order valence-corrected chi connectivity index (χ3v) is 5.47. The van der Waals surface area contributed by atoms with Crippen LogP contribution in [-0.2, 0) is 7.05 Å². The normalized spacial score (nSPS) is 17.7. The highest BCUT2D eigenvalue weighted by molar-refractivity contribution is 8.00. The first-order chi connectivity index (χ1) is 8.74. The SMILES string of the molecule is CSC1(CNc2nc3ccccc3n2C)CCC1. The van der Waals surface area contributed by atoms with Gasteiger partial charge in [0, 0.05) is 18.3 Å². The van der Waals surface area contributed by atoms with Crippen molar-refractivity contribution in [1.82, 2.24) is 9.55 Å². The zero-order chi connectivity index (χ0) is 12.6. The lowest BCUT2D eigenvalue weighted by molar-refractivity contribution is 0.379. The van der Waals surface area contributed by atoms with E-state index in [9.17, 15) is 0 Å². The zero-order valence-corrected chi connectivity index (χ0v) is 11.8. The van der Waals surface area contributed by atoms with Gasteiger partial charge in [0.25, 0.3) is 0 Å². The summed E-state index contributed by atoms with van der Waals surface area (Å²) in [6.07, 6.45) is 6.23. The van der Waals surface area contributed by atoms with Gasteiger partial charge in [0.1, 0.15) is 0 Å². The largest absolute Gasteiger partial charge is 0.354 e. The molecule has 18 heavy (non-hydrogen) atoms. The minimum atomic E-state index is 0.443. The summed E-state index contributed by atoms with van der Waals surface area (Å²) >= 11 is 1.99. The molecule has 4 heteroatoms. The van der Waals surface area contributed by atoms with Gasteiger partial charge < -0.3 is 9.88 Å². The van der Waals surface area contributed by atoms with Crippen molar-refractivity contribution >= 4 is 28.7 Å². The van der Waals surface area contributed by atoms with Gasteiger partial charge in [-0.2, -0.15) is 11.8 Å². The zero-order valence-electron chi connectivity index (χ0n) is 10.9. The molecule has 1 fully saturated rings. The van der Waals surface area contributed by atoms with E-state index in [1.807, 2.05) is 17.8 Å². The van der Waals surface area contributed by atoms with Gasteiger partial charge >= 0.3 is 0 Å². The van der Waals surface area contributed by atoms with Crippen LogP contribution < -0.4 is 5.32 Å². The van der Waals surface area contributed by atoms with Crippen LogP contribution in [0.2, 0.25) is 0 Å². The molecule has 0 saturated heterocycles. The van der Waals surface area contributed by atoms with Gasteiger partial charge in [0.15, 0.2) is 0 Å². The van der Waals surface area contributed by atoms with Crippen molar-refractivity contribution in [2.75, 3.05) is 18.1 Å². The van der Waals surface area contributed by atoms with Crippen LogP contribution in [0.4, 0.5) is 5.95 Å². The number of hydrogen-bond acceptors (Lipinski definition) is 3. The number of imidazole rings is 1. The molecule has 0 aliphatic heterocycles. The summed E-state index contributed by atoms with van der Waals surface area (Å²) < 4.78 is 2.58. The fourth-order valence-electron chi connectivity index (χ4n) is 2.57. The first kappa shape index (κ1) is 11.9. The summed E-state index contributed by atoms with van der Waals surface area (Å²) in [5.74, 6) is 0.983. The number of aryl methyl sites for hydroxylation is 1. The van der Waals surface area contributed by atoms with Crippen molar-refractivity contribution in [3.8, 4) is 0 Å². The molecule has 96 valence electrons. The number of benzene rings is 1. The van der Waals surface area contributed by atoms with E-state index in [1.165, 1.54) is 24.8 Å². The molecule has 0 bridgehead atoms. The fraction of sp³-hybridized carbons (Fsp3) is 0.500. The molecule has 0 unspecified atom stereocenters. The number of anilines is 1. The van der Waals surface area contributed by atoms with Crippen LogP contribution in [0.3, 0.4) is 0 Å². The van der Waals surface area contributed by atoms with Crippen LogP contribution in [0, 0.1) is 0 Å². The number of fused-ring (bicyclic) bond motifs is 1. The molecular formula is C14H19N3S. The predicted octanol–water partition coefficient (Wildman–Crippen LogP) is 3.27. The van der Waals surface area contributed by atoms with E-state index in [2.05, 4.69) is 46.4 Å². The van der Waals surface area contributed by atoms with Gasteiger partial charge in [0.2, 0.25) is 5.95 Å². The Morgan fingerprint density at radius 2 is 2.17 bits per heavy atom. The van der Waals surface area contributed by atoms with Crippen molar-refractivity contribution in [1.29, 1.82) is 0 Å². The average Bonchev–Trinajstić information content (AvgIpc) is 2.67. The molecule has 0 radical (unpaired) electrons. The smallest absolute Gasteiger partial charge is 0.203 e. The predicted molar refractivity (Wildman–Crippen MR) is 79.3 cm³/mol. The molecule has 1 aliphatic carbocycles. The maximum atomic E-state index is 4.65. The maximum Gasteiger partial charge on any atom is 0.203 e. The van der Waals surface area contributed by atoms with Crippen LogP contribution in [-0.4, -0.2) is 27.1 Å². The molecule has 1 saturated carbocycles. The Bertz CT molecular complexity index is 552.